The molecule has 0 aliphatic carbocycles. The van der Waals surface area contributed by atoms with Crippen LogP contribution in [0, 0.1) is 6.92 Å². The lowest BCUT2D eigenvalue weighted by molar-refractivity contribution is 0.637. The fourth-order valence-electron chi connectivity index (χ4n) is 5.46. The van der Waals surface area contributed by atoms with Gasteiger partial charge in [0.1, 0.15) is 11.6 Å². The highest BCUT2D eigenvalue weighted by atomic mass is 15.5. The van der Waals surface area contributed by atoms with Crippen molar-refractivity contribution in [3.63, 3.8) is 0 Å². The molecule has 0 saturated heterocycles. The highest BCUT2D eigenvalue weighted by Crippen LogP contribution is 2.36. The van der Waals surface area contributed by atoms with Gasteiger partial charge >= 0.3 is 0 Å². The predicted molar refractivity (Wildman–Crippen MR) is 159 cm³/mol. The second-order valence-corrected chi connectivity index (χ2v) is 10.2. The van der Waals surface area contributed by atoms with E-state index in [2.05, 4.69) is 105 Å². The molecule has 8 nitrogen and oxygen atoms in total. The van der Waals surface area contributed by atoms with E-state index >= 15 is 0 Å². The van der Waals surface area contributed by atoms with Crippen molar-refractivity contribution >= 4 is 11.0 Å². The minimum Gasteiger partial charge on any atom is -0.331 e. The summed E-state index contributed by atoms with van der Waals surface area (Å²) in [5.41, 5.74) is 8.64. The second kappa shape index (κ2) is 11.3. The van der Waals surface area contributed by atoms with Gasteiger partial charge in [-0.15, -0.1) is 10.2 Å². The molecule has 202 valence electrons. The van der Waals surface area contributed by atoms with E-state index in [9.17, 15) is 0 Å². The van der Waals surface area contributed by atoms with Crippen molar-refractivity contribution in [3.05, 3.63) is 84.4 Å². The van der Waals surface area contributed by atoms with Gasteiger partial charge in [0, 0.05) is 36.5 Å². The summed E-state index contributed by atoms with van der Waals surface area (Å²) in [5, 5.41) is 14.9. The first-order valence-corrected chi connectivity index (χ1v) is 14.2. The lowest BCUT2D eigenvalue weighted by Crippen LogP contribution is -2.05. The Morgan fingerprint density at radius 1 is 0.875 bits per heavy atom. The van der Waals surface area contributed by atoms with Gasteiger partial charge in [0.05, 0.1) is 16.7 Å². The van der Waals surface area contributed by atoms with Crippen LogP contribution in [0.25, 0.3) is 50.6 Å². The summed E-state index contributed by atoms with van der Waals surface area (Å²) in [6, 6.07) is 21.3. The van der Waals surface area contributed by atoms with Crippen molar-refractivity contribution < 1.29 is 0 Å². The molecule has 0 bridgehead atoms. The summed E-state index contributed by atoms with van der Waals surface area (Å²) < 4.78 is 4.60. The molecular formula is C32H34N8. The van der Waals surface area contributed by atoms with Gasteiger partial charge in [-0.05, 0) is 65.9 Å². The largest absolute Gasteiger partial charge is 0.331 e. The molecule has 6 aromatic rings. The summed E-state index contributed by atoms with van der Waals surface area (Å²) >= 11 is 0. The molecule has 3 aromatic carbocycles. The molecule has 8 heteroatoms. The van der Waals surface area contributed by atoms with Crippen LogP contribution >= 0.6 is 0 Å². The van der Waals surface area contributed by atoms with Crippen molar-refractivity contribution in [2.75, 3.05) is 0 Å². The summed E-state index contributed by atoms with van der Waals surface area (Å²) in [6.45, 7) is 7.60. The molecular weight excluding hydrogens is 496 g/mol. The van der Waals surface area contributed by atoms with Crippen LogP contribution in [0.15, 0.2) is 73.1 Å². The zero-order chi connectivity index (χ0) is 27.5. The molecule has 6 rings (SSSR count). The number of nitrogens with one attached hydrogen (secondary N) is 1. The average Bonchev–Trinajstić information content (AvgIpc) is 3.75. The highest BCUT2D eigenvalue weighted by molar-refractivity contribution is 5.86. The van der Waals surface area contributed by atoms with E-state index in [0.29, 0.717) is 5.82 Å². The Hall–Kier alpha value is -4.59. The minimum absolute atomic E-state index is 0.584. The Bertz CT molecular complexity index is 1740. The number of fused-ring (bicyclic) bond motifs is 1. The lowest BCUT2D eigenvalue weighted by atomic mass is 9.94. The van der Waals surface area contributed by atoms with Gasteiger partial charge < -0.3 is 4.57 Å². The maximum absolute atomic E-state index is 5.13. The van der Waals surface area contributed by atoms with Gasteiger partial charge in [-0.25, -0.2) is 9.97 Å². The van der Waals surface area contributed by atoms with Crippen LogP contribution in [0.2, 0.25) is 0 Å². The number of benzene rings is 3. The van der Waals surface area contributed by atoms with Crippen molar-refractivity contribution in [3.8, 4) is 39.6 Å². The molecule has 0 saturated carbocycles. The molecule has 0 aliphatic rings. The number of unbranched alkanes of at least 4 members (excludes halogenated alkanes) is 2. The van der Waals surface area contributed by atoms with Gasteiger partial charge in [-0.3, -0.25) is 4.57 Å². The zero-order valence-corrected chi connectivity index (χ0v) is 23.3. The quantitative estimate of drug-likeness (QED) is 0.202. The fraction of sp³-hybridized carbons (Fsp3) is 0.281. The third-order valence-corrected chi connectivity index (χ3v) is 7.55. The van der Waals surface area contributed by atoms with Crippen LogP contribution in [0.1, 0.15) is 50.9 Å². The second-order valence-electron chi connectivity index (χ2n) is 10.2. The van der Waals surface area contributed by atoms with E-state index in [4.69, 9.17) is 9.97 Å². The minimum atomic E-state index is 0.584. The first-order chi connectivity index (χ1) is 19.7. The Morgan fingerprint density at radius 2 is 1.70 bits per heavy atom. The van der Waals surface area contributed by atoms with Crippen LogP contribution in [0.5, 0.6) is 0 Å². The molecule has 0 unspecified atom stereocenters. The van der Waals surface area contributed by atoms with Gasteiger partial charge in [-0.1, -0.05) is 63.1 Å². The number of H-pyrrole nitrogens is 1. The summed E-state index contributed by atoms with van der Waals surface area (Å²) in [4.78, 5) is 9.85. The van der Waals surface area contributed by atoms with E-state index in [-0.39, 0.29) is 0 Å². The number of hydrogen-bond donors (Lipinski definition) is 1. The Kier molecular flexibility index (Phi) is 7.23. The molecule has 0 atom stereocenters. The number of imidazole rings is 2. The number of tetrazole rings is 1. The van der Waals surface area contributed by atoms with E-state index in [1.165, 1.54) is 5.56 Å². The molecule has 0 fully saturated rings. The Labute approximate surface area is 234 Å². The number of nitrogens with zero attached hydrogens (tertiary/aromatic N) is 7. The molecule has 40 heavy (non-hydrogen) atoms. The number of aromatic amines is 1. The number of hydrogen-bond acceptors (Lipinski definition) is 5. The van der Waals surface area contributed by atoms with Gasteiger partial charge in [0.15, 0.2) is 0 Å². The summed E-state index contributed by atoms with van der Waals surface area (Å²) in [5.74, 6) is 2.66. The van der Waals surface area contributed by atoms with Crippen LogP contribution in [0.4, 0.5) is 0 Å². The van der Waals surface area contributed by atoms with Crippen molar-refractivity contribution in [1.29, 1.82) is 0 Å². The predicted octanol–water partition coefficient (Wildman–Crippen LogP) is 7.19. The molecule has 0 amide bonds. The topological polar surface area (TPSA) is 90.1 Å². The van der Waals surface area contributed by atoms with Crippen molar-refractivity contribution in [1.82, 2.24) is 39.7 Å². The number of rotatable bonds is 10. The summed E-state index contributed by atoms with van der Waals surface area (Å²) in [6.07, 6.45) is 9.35. The zero-order valence-electron chi connectivity index (χ0n) is 23.3. The van der Waals surface area contributed by atoms with E-state index in [1.54, 1.807) is 0 Å². The van der Waals surface area contributed by atoms with Crippen LogP contribution < -0.4 is 0 Å². The van der Waals surface area contributed by atoms with E-state index < -0.39 is 0 Å². The molecule has 0 spiro atoms. The normalized spacial score (nSPS) is 11.5. The van der Waals surface area contributed by atoms with Crippen LogP contribution in [0.3, 0.4) is 0 Å². The van der Waals surface area contributed by atoms with E-state index in [0.717, 1.165) is 89.3 Å². The molecule has 3 aromatic heterocycles. The smallest absolute Gasteiger partial charge is 0.205 e. The van der Waals surface area contributed by atoms with Crippen molar-refractivity contribution in [2.45, 2.75) is 59.4 Å². The Balaban J connectivity index is 1.53. The van der Waals surface area contributed by atoms with Crippen LogP contribution in [-0.4, -0.2) is 39.7 Å². The van der Waals surface area contributed by atoms with Crippen molar-refractivity contribution in [2.24, 2.45) is 0 Å². The highest BCUT2D eigenvalue weighted by Gasteiger charge is 2.19. The third-order valence-electron chi connectivity index (χ3n) is 7.55. The first-order valence-electron chi connectivity index (χ1n) is 14.2. The van der Waals surface area contributed by atoms with Gasteiger partial charge in [0.25, 0.3) is 0 Å². The number of aryl methyl sites for hydroxylation is 2. The monoisotopic (exact) mass is 530 g/mol. The molecule has 0 aliphatic heterocycles. The maximum atomic E-state index is 5.13. The molecule has 3 heterocycles. The molecule has 0 radical (unpaired) electrons. The SMILES string of the molecule is CCCCc1nc2ccc(-c3nccn3CCCC)cc2n1-c1cccc(-c2ccccc2-c2nn[nH]n2)c1C. The average molecular weight is 531 g/mol. The van der Waals surface area contributed by atoms with E-state index in [1.807, 2.05) is 18.3 Å². The summed E-state index contributed by atoms with van der Waals surface area (Å²) in [7, 11) is 0. The lowest BCUT2D eigenvalue weighted by Gasteiger charge is -2.17. The van der Waals surface area contributed by atoms with Gasteiger partial charge in [0.2, 0.25) is 5.82 Å². The van der Waals surface area contributed by atoms with Gasteiger partial charge in [-0.2, -0.15) is 5.21 Å². The van der Waals surface area contributed by atoms with Crippen LogP contribution in [-0.2, 0) is 13.0 Å². The maximum Gasteiger partial charge on any atom is 0.205 e. The Morgan fingerprint density at radius 3 is 2.50 bits per heavy atom. The fourth-order valence-corrected chi connectivity index (χ4v) is 5.46. The number of aromatic nitrogens is 8. The third kappa shape index (κ3) is 4.70. The first kappa shape index (κ1) is 25.7. The standard InChI is InChI=1S/C32H34N8/c1-4-6-15-30-34-27-17-16-23(32-33-18-20-39(32)19-7-5-2)21-29(27)40(30)28-14-10-13-24(22(28)3)25-11-8-9-12-26(25)31-35-37-38-36-31/h8-14,16-18,20-21H,4-7,15,19H2,1-3H3,(H,35,36,37,38). The molecule has 1 N–H and O–H groups in total.